The summed E-state index contributed by atoms with van der Waals surface area (Å²) in [6.07, 6.45) is -0.797. The molecule has 3 aromatic carbocycles. The van der Waals surface area contributed by atoms with E-state index in [2.05, 4.69) is 53.4 Å². The van der Waals surface area contributed by atoms with E-state index >= 15 is 0 Å². The Morgan fingerprint density at radius 2 is 1.58 bits per heavy atom. The van der Waals surface area contributed by atoms with Gasteiger partial charge in [-0.1, -0.05) is 72.8 Å². The predicted octanol–water partition coefficient (Wildman–Crippen LogP) is 2.14. The normalized spacial score (nSPS) is 16.7. The maximum Gasteiger partial charge on any atom is 0.313 e. The molecule has 0 bridgehead atoms. The first kappa shape index (κ1) is 21.6. The number of aliphatic hydroxyl groups is 1. The summed E-state index contributed by atoms with van der Waals surface area (Å²) in [5, 5.41) is 10.3. The Morgan fingerprint density at radius 1 is 0.935 bits per heavy atom. The van der Waals surface area contributed by atoms with Gasteiger partial charge in [0.25, 0.3) is 0 Å². The van der Waals surface area contributed by atoms with Gasteiger partial charge in [0.15, 0.2) is 0 Å². The zero-order valence-corrected chi connectivity index (χ0v) is 17.7. The third-order valence-corrected chi connectivity index (χ3v) is 5.60. The molecule has 0 saturated carbocycles. The summed E-state index contributed by atoms with van der Waals surface area (Å²) in [6, 6.07) is 26.7. The van der Waals surface area contributed by atoms with Crippen LogP contribution in [-0.2, 0) is 17.7 Å². The number of nitrogens with zero attached hydrogens (tertiary/aromatic N) is 1. The average molecular weight is 416 g/mol. The van der Waals surface area contributed by atoms with E-state index in [1.54, 1.807) is 0 Å². The molecule has 6 heteroatoms. The van der Waals surface area contributed by atoms with Gasteiger partial charge in [0, 0.05) is 26.2 Å². The molecule has 0 aliphatic carbocycles. The van der Waals surface area contributed by atoms with Gasteiger partial charge in [-0.3, -0.25) is 4.90 Å². The fraction of sp³-hybridized carbons (Fsp3) is 0.280. The second-order valence-electron chi connectivity index (χ2n) is 7.96. The summed E-state index contributed by atoms with van der Waals surface area (Å²) < 4.78 is 12.3. The minimum absolute atomic E-state index is 0.0808. The van der Waals surface area contributed by atoms with Crippen molar-refractivity contribution in [3.05, 3.63) is 95.6 Å². The van der Waals surface area contributed by atoms with Crippen molar-refractivity contribution in [1.29, 1.82) is 0 Å². The third-order valence-electron chi connectivity index (χ3n) is 5.60. The van der Waals surface area contributed by atoms with Crippen LogP contribution in [0.5, 0.6) is 5.75 Å². The van der Waals surface area contributed by atoms with Gasteiger partial charge in [-0.05, 0) is 28.2 Å². The second kappa shape index (κ2) is 10.6. The molecule has 0 amide bonds. The van der Waals surface area contributed by atoms with E-state index in [9.17, 15) is 5.11 Å². The van der Waals surface area contributed by atoms with Crippen LogP contribution in [0.2, 0.25) is 0 Å². The van der Waals surface area contributed by atoms with E-state index in [1.165, 1.54) is 11.1 Å². The van der Waals surface area contributed by atoms with Crippen LogP contribution in [0.3, 0.4) is 0 Å². The highest BCUT2D eigenvalue weighted by molar-refractivity contribution is 6.49. The molecule has 3 N–H and O–H groups in total. The number of rotatable bonds is 8. The Morgan fingerprint density at radius 3 is 2.19 bits per heavy atom. The van der Waals surface area contributed by atoms with Crippen LogP contribution in [-0.4, -0.2) is 43.3 Å². The fourth-order valence-electron chi connectivity index (χ4n) is 4.01. The monoisotopic (exact) mass is 416 g/mol. The number of hydrogen-bond acceptors (Lipinski definition) is 5. The summed E-state index contributed by atoms with van der Waals surface area (Å²) in [5.41, 5.74) is 9.89. The molecule has 1 aliphatic heterocycles. The second-order valence-corrected chi connectivity index (χ2v) is 7.96. The first-order valence-corrected chi connectivity index (χ1v) is 10.8. The number of fused-ring (bicyclic) bond motifs is 1. The van der Waals surface area contributed by atoms with E-state index in [0.29, 0.717) is 14.1 Å². The molecule has 160 valence electrons. The van der Waals surface area contributed by atoms with Gasteiger partial charge in [-0.2, -0.15) is 0 Å². The van der Waals surface area contributed by atoms with Crippen LogP contribution in [0.1, 0.15) is 22.8 Å². The van der Waals surface area contributed by atoms with Gasteiger partial charge in [0.05, 0.1) is 12.2 Å². The molecule has 0 spiro atoms. The van der Waals surface area contributed by atoms with Gasteiger partial charge >= 0.3 is 7.48 Å². The Labute approximate surface area is 184 Å². The molecule has 0 radical (unpaired) electrons. The maximum absolute atomic E-state index is 10.3. The van der Waals surface area contributed by atoms with Crippen molar-refractivity contribution in [1.82, 2.24) is 4.90 Å². The van der Waals surface area contributed by atoms with E-state index < -0.39 is 6.10 Å². The van der Waals surface area contributed by atoms with Crippen molar-refractivity contribution in [3.8, 4) is 5.75 Å². The average Bonchev–Trinajstić information content (AvgIpc) is 3.02. The summed E-state index contributed by atoms with van der Waals surface area (Å²) in [6.45, 7) is 3.04. The summed E-state index contributed by atoms with van der Waals surface area (Å²) in [4.78, 5) is 2.39. The fourth-order valence-corrected chi connectivity index (χ4v) is 4.01. The van der Waals surface area contributed by atoms with Crippen molar-refractivity contribution in [2.75, 3.05) is 19.7 Å². The minimum Gasteiger partial charge on any atom is -0.491 e. The van der Waals surface area contributed by atoms with Crippen molar-refractivity contribution in [3.63, 3.8) is 0 Å². The van der Waals surface area contributed by atoms with E-state index in [0.717, 1.165) is 36.4 Å². The first-order valence-electron chi connectivity index (χ1n) is 10.8. The predicted molar refractivity (Wildman–Crippen MR) is 125 cm³/mol. The van der Waals surface area contributed by atoms with Crippen molar-refractivity contribution < 1.29 is 14.5 Å². The van der Waals surface area contributed by atoms with Gasteiger partial charge < -0.3 is 20.2 Å². The Balaban J connectivity index is 1.48. The van der Waals surface area contributed by atoms with Crippen molar-refractivity contribution in [2.45, 2.75) is 25.3 Å². The number of benzene rings is 3. The minimum atomic E-state index is -0.716. The molecule has 1 heterocycles. The largest absolute Gasteiger partial charge is 0.491 e. The molecule has 0 saturated heterocycles. The number of nitrogens with two attached hydrogens (primary N) is 1. The van der Waals surface area contributed by atoms with Gasteiger partial charge in [0.1, 0.15) is 12.4 Å². The summed E-state index contributed by atoms with van der Waals surface area (Å²) in [5.74, 6) is 0.769. The van der Waals surface area contributed by atoms with Gasteiger partial charge in [-0.15, -0.1) is 0 Å². The Kier molecular flexibility index (Phi) is 7.38. The van der Waals surface area contributed by atoms with Gasteiger partial charge in [-0.25, -0.2) is 0 Å². The quantitative estimate of drug-likeness (QED) is 0.551. The third kappa shape index (κ3) is 5.74. The topological polar surface area (TPSA) is 68.0 Å². The molecular formula is C25H29BN2O3. The standard InChI is InChI=1S/C25H29BN2O3/c27-14-23(29)22-12-7-13-24-25(22)26-31-21(18-30-24)17-28(15-19-8-3-1-4-9-19)16-20-10-5-2-6-11-20/h1-13,21,23,26,29H,14-18,27H2/t21-,23?/m1/s1. The Bertz CT molecular complexity index is 914. The van der Waals surface area contributed by atoms with Crippen LogP contribution in [0.15, 0.2) is 78.9 Å². The van der Waals surface area contributed by atoms with Crippen LogP contribution in [0.4, 0.5) is 0 Å². The first-order chi connectivity index (χ1) is 15.2. The zero-order chi connectivity index (χ0) is 21.5. The molecule has 0 aromatic heterocycles. The summed E-state index contributed by atoms with van der Waals surface area (Å²) >= 11 is 0. The van der Waals surface area contributed by atoms with Crippen LogP contribution >= 0.6 is 0 Å². The van der Waals surface area contributed by atoms with Crippen LogP contribution in [0, 0.1) is 0 Å². The molecule has 2 atom stereocenters. The highest BCUT2D eigenvalue weighted by Crippen LogP contribution is 2.20. The number of aliphatic hydroxyl groups excluding tert-OH is 1. The molecule has 0 fully saturated rings. The molecule has 4 rings (SSSR count). The molecule has 1 aliphatic rings. The van der Waals surface area contributed by atoms with E-state index in [-0.39, 0.29) is 12.6 Å². The highest BCUT2D eigenvalue weighted by Gasteiger charge is 2.25. The number of hydrogen-bond donors (Lipinski definition) is 2. The lowest BCUT2D eigenvalue weighted by Crippen LogP contribution is -2.37. The van der Waals surface area contributed by atoms with E-state index in [1.807, 2.05) is 30.3 Å². The lowest BCUT2D eigenvalue weighted by Gasteiger charge is -2.27. The zero-order valence-electron chi connectivity index (χ0n) is 17.7. The lowest BCUT2D eigenvalue weighted by atomic mass is 9.81. The van der Waals surface area contributed by atoms with Crippen LogP contribution < -0.4 is 15.9 Å². The highest BCUT2D eigenvalue weighted by atomic mass is 16.5. The van der Waals surface area contributed by atoms with Crippen molar-refractivity contribution in [2.24, 2.45) is 5.73 Å². The lowest BCUT2D eigenvalue weighted by molar-refractivity contribution is 0.0899. The molecule has 5 nitrogen and oxygen atoms in total. The van der Waals surface area contributed by atoms with Crippen LogP contribution in [0.25, 0.3) is 0 Å². The molecule has 31 heavy (non-hydrogen) atoms. The Hall–Kier alpha value is -2.64. The molecule has 1 unspecified atom stereocenters. The number of ether oxygens (including phenoxy) is 1. The smallest absolute Gasteiger partial charge is 0.313 e. The van der Waals surface area contributed by atoms with Crippen molar-refractivity contribution >= 4 is 12.9 Å². The molecule has 3 aromatic rings. The summed E-state index contributed by atoms with van der Waals surface area (Å²) in [7, 11) is 0.401. The van der Waals surface area contributed by atoms with E-state index in [4.69, 9.17) is 15.1 Å². The molecular weight excluding hydrogens is 387 g/mol. The van der Waals surface area contributed by atoms with Gasteiger partial charge in [0.2, 0.25) is 0 Å². The SMILES string of the molecule is NCC(O)c1cccc2c1BO[C@H](CN(Cc1ccccc1)Cc1ccccc1)CO2. The maximum atomic E-state index is 10.3.